The van der Waals surface area contributed by atoms with Crippen molar-refractivity contribution in [1.29, 1.82) is 0 Å². The smallest absolute Gasteiger partial charge is 0.303 e. The minimum absolute atomic E-state index is 0.0183. The van der Waals surface area contributed by atoms with Crippen LogP contribution in [0.25, 0.3) is 0 Å². The molecule has 0 aromatic heterocycles. The molecular formula is C20H29NO5. The highest BCUT2D eigenvalue weighted by Crippen LogP contribution is 2.30. The normalized spacial score (nSPS) is 17.2. The Morgan fingerprint density at radius 3 is 2.69 bits per heavy atom. The SMILES string of the molecule is COc1cc(C(=O)N2CCCCC2CCC(=O)O)ccc1OCC(C)C. The maximum Gasteiger partial charge on any atom is 0.303 e. The van der Waals surface area contributed by atoms with Gasteiger partial charge in [-0.25, -0.2) is 0 Å². The minimum atomic E-state index is -0.823. The highest BCUT2D eigenvalue weighted by Gasteiger charge is 2.28. The number of aliphatic carboxylic acids is 1. The van der Waals surface area contributed by atoms with E-state index in [1.54, 1.807) is 25.3 Å². The second kappa shape index (κ2) is 9.46. The first-order chi connectivity index (χ1) is 12.4. The first-order valence-electron chi connectivity index (χ1n) is 9.26. The summed E-state index contributed by atoms with van der Waals surface area (Å²) in [5.41, 5.74) is 0.543. The Hall–Kier alpha value is -2.24. The Kier molecular flexibility index (Phi) is 7.30. The molecule has 0 saturated carbocycles. The highest BCUT2D eigenvalue weighted by atomic mass is 16.5. The molecule has 1 atom stereocenters. The van der Waals surface area contributed by atoms with Crippen LogP contribution < -0.4 is 9.47 Å². The topological polar surface area (TPSA) is 76.1 Å². The fraction of sp³-hybridized carbons (Fsp3) is 0.600. The molecule has 1 N–H and O–H groups in total. The molecule has 0 bridgehead atoms. The van der Waals surface area contributed by atoms with Crippen LogP contribution in [0.5, 0.6) is 11.5 Å². The summed E-state index contributed by atoms with van der Waals surface area (Å²) in [6, 6.07) is 5.21. The van der Waals surface area contributed by atoms with Gasteiger partial charge in [0.25, 0.3) is 5.91 Å². The zero-order chi connectivity index (χ0) is 19.1. The van der Waals surface area contributed by atoms with E-state index >= 15 is 0 Å². The van der Waals surface area contributed by atoms with Gasteiger partial charge < -0.3 is 19.5 Å². The number of methoxy groups -OCH3 is 1. The van der Waals surface area contributed by atoms with Crippen LogP contribution >= 0.6 is 0 Å². The predicted octanol–water partition coefficient (Wildman–Crippen LogP) is 3.59. The number of benzene rings is 1. The third kappa shape index (κ3) is 5.38. The molecule has 0 radical (unpaired) electrons. The van der Waals surface area contributed by atoms with Crippen molar-refractivity contribution in [3.05, 3.63) is 23.8 Å². The Balaban J connectivity index is 2.14. The Morgan fingerprint density at radius 1 is 1.27 bits per heavy atom. The van der Waals surface area contributed by atoms with E-state index in [-0.39, 0.29) is 18.4 Å². The number of hydrogen-bond acceptors (Lipinski definition) is 4. The number of amides is 1. The van der Waals surface area contributed by atoms with E-state index in [1.807, 2.05) is 4.90 Å². The average molecular weight is 363 g/mol. The van der Waals surface area contributed by atoms with Crippen LogP contribution in [0.2, 0.25) is 0 Å². The number of carboxylic acid groups (broad SMARTS) is 1. The number of likely N-dealkylation sites (tertiary alicyclic amines) is 1. The molecular weight excluding hydrogens is 334 g/mol. The first kappa shape index (κ1) is 20.1. The second-order valence-electron chi connectivity index (χ2n) is 7.15. The third-order valence-electron chi connectivity index (χ3n) is 4.56. The van der Waals surface area contributed by atoms with Gasteiger partial charge in [0.15, 0.2) is 11.5 Å². The molecule has 1 saturated heterocycles. The zero-order valence-electron chi connectivity index (χ0n) is 15.9. The van der Waals surface area contributed by atoms with Crippen molar-refractivity contribution >= 4 is 11.9 Å². The Labute approximate surface area is 155 Å². The van der Waals surface area contributed by atoms with Crippen molar-refractivity contribution < 1.29 is 24.2 Å². The highest BCUT2D eigenvalue weighted by molar-refractivity contribution is 5.95. The zero-order valence-corrected chi connectivity index (χ0v) is 15.9. The van der Waals surface area contributed by atoms with Crippen molar-refractivity contribution in [3.8, 4) is 11.5 Å². The number of ether oxygens (including phenoxy) is 2. The summed E-state index contributed by atoms with van der Waals surface area (Å²) >= 11 is 0. The van der Waals surface area contributed by atoms with Crippen LogP contribution in [0.3, 0.4) is 0 Å². The molecule has 1 aromatic carbocycles. The number of piperidine rings is 1. The van der Waals surface area contributed by atoms with Crippen LogP contribution in [-0.2, 0) is 4.79 Å². The lowest BCUT2D eigenvalue weighted by atomic mass is 9.97. The number of hydrogen-bond donors (Lipinski definition) is 1. The van der Waals surface area contributed by atoms with Crippen molar-refractivity contribution in [1.82, 2.24) is 4.90 Å². The number of carbonyl (C=O) groups is 2. The molecule has 26 heavy (non-hydrogen) atoms. The van der Waals surface area contributed by atoms with Crippen molar-refractivity contribution in [2.75, 3.05) is 20.3 Å². The molecule has 1 aliphatic rings. The third-order valence-corrected chi connectivity index (χ3v) is 4.56. The maximum atomic E-state index is 13.0. The molecule has 1 unspecified atom stereocenters. The van der Waals surface area contributed by atoms with E-state index in [4.69, 9.17) is 14.6 Å². The van der Waals surface area contributed by atoms with Crippen LogP contribution in [0.1, 0.15) is 56.3 Å². The lowest BCUT2D eigenvalue weighted by molar-refractivity contribution is -0.137. The van der Waals surface area contributed by atoms with Gasteiger partial charge in [0.05, 0.1) is 13.7 Å². The molecule has 1 amide bonds. The summed E-state index contributed by atoms with van der Waals surface area (Å²) in [4.78, 5) is 25.7. The van der Waals surface area contributed by atoms with Gasteiger partial charge in [0.2, 0.25) is 0 Å². The largest absolute Gasteiger partial charge is 0.493 e. The van der Waals surface area contributed by atoms with Crippen molar-refractivity contribution in [3.63, 3.8) is 0 Å². The molecule has 1 fully saturated rings. The summed E-state index contributed by atoms with van der Waals surface area (Å²) in [7, 11) is 1.56. The van der Waals surface area contributed by atoms with Gasteiger partial charge in [-0.05, 0) is 49.8 Å². The van der Waals surface area contributed by atoms with E-state index in [1.165, 1.54) is 0 Å². The van der Waals surface area contributed by atoms with E-state index in [9.17, 15) is 9.59 Å². The molecule has 0 spiro atoms. The lowest BCUT2D eigenvalue weighted by Crippen LogP contribution is -2.44. The van der Waals surface area contributed by atoms with E-state index < -0.39 is 5.97 Å². The van der Waals surface area contributed by atoms with Crippen LogP contribution in [0.4, 0.5) is 0 Å². The maximum absolute atomic E-state index is 13.0. The van der Waals surface area contributed by atoms with Gasteiger partial charge in [0, 0.05) is 24.6 Å². The summed E-state index contributed by atoms with van der Waals surface area (Å²) in [6.45, 7) is 5.38. The number of rotatable bonds is 8. The standard InChI is InChI=1S/C20H29NO5/c1-14(2)13-26-17-9-7-15(12-18(17)25-3)20(24)21-11-5-4-6-16(21)8-10-19(22)23/h7,9,12,14,16H,4-6,8,10-11,13H2,1-3H3,(H,22,23). The Bertz CT molecular complexity index is 629. The van der Waals surface area contributed by atoms with Gasteiger partial charge in [-0.1, -0.05) is 13.8 Å². The minimum Gasteiger partial charge on any atom is -0.493 e. The summed E-state index contributed by atoms with van der Waals surface area (Å²) in [6.07, 6.45) is 3.40. The monoisotopic (exact) mass is 363 g/mol. The van der Waals surface area contributed by atoms with Gasteiger partial charge in [-0.3, -0.25) is 9.59 Å². The molecule has 6 nitrogen and oxygen atoms in total. The van der Waals surface area contributed by atoms with E-state index in [0.717, 1.165) is 19.3 Å². The van der Waals surface area contributed by atoms with Crippen LogP contribution in [0, 0.1) is 5.92 Å². The van der Waals surface area contributed by atoms with Crippen molar-refractivity contribution in [2.24, 2.45) is 5.92 Å². The number of carbonyl (C=O) groups excluding carboxylic acids is 1. The van der Waals surface area contributed by atoms with E-state index in [0.29, 0.717) is 42.6 Å². The Morgan fingerprint density at radius 2 is 2.04 bits per heavy atom. The van der Waals surface area contributed by atoms with Crippen LogP contribution in [-0.4, -0.2) is 48.2 Å². The summed E-state index contributed by atoms with van der Waals surface area (Å²) < 4.78 is 11.1. The van der Waals surface area contributed by atoms with Crippen LogP contribution in [0.15, 0.2) is 18.2 Å². The van der Waals surface area contributed by atoms with Gasteiger partial charge in [-0.15, -0.1) is 0 Å². The fourth-order valence-electron chi connectivity index (χ4n) is 3.20. The van der Waals surface area contributed by atoms with Gasteiger partial charge >= 0.3 is 5.97 Å². The average Bonchev–Trinajstić information content (AvgIpc) is 2.64. The molecule has 1 aromatic rings. The number of nitrogens with zero attached hydrogens (tertiary/aromatic N) is 1. The lowest BCUT2D eigenvalue weighted by Gasteiger charge is -2.35. The first-order valence-corrected chi connectivity index (χ1v) is 9.26. The molecule has 6 heteroatoms. The quantitative estimate of drug-likeness (QED) is 0.764. The number of carboxylic acids is 1. The fourth-order valence-corrected chi connectivity index (χ4v) is 3.20. The van der Waals surface area contributed by atoms with Gasteiger partial charge in [0.1, 0.15) is 0 Å². The molecule has 1 heterocycles. The molecule has 144 valence electrons. The van der Waals surface area contributed by atoms with Gasteiger partial charge in [-0.2, -0.15) is 0 Å². The molecule has 1 aliphatic heterocycles. The van der Waals surface area contributed by atoms with E-state index in [2.05, 4.69) is 13.8 Å². The second-order valence-corrected chi connectivity index (χ2v) is 7.15. The molecule has 0 aliphatic carbocycles. The van der Waals surface area contributed by atoms with Crippen molar-refractivity contribution in [2.45, 2.75) is 52.0 Å². The summed E-state index contributed by atoms with van der Waals surface area (Å²) in [5.74, 6) is 0.656. The molecule has 2 rings (SSSR count). The predicted molar refractivity (Wildman–Crippen MR) is 98.9 cm³/mol. The summed E-state index contributed by atoms with van der Waals surface area (Å²) in [5, 5.41) is 8.94.